The summed E-state index contributed by atoms with van der Waals surface area (Å²) in [6.07, 6.45) is -0.0477. The Morgan fingerprint density at radius 2 is 2.04 bits per heavy atom. The maximum Gasteiger partial charge on any atom is 0.408 e. The molecule has 1 atom stereocenters. The van der Waals surface area contributed by atoms with Gasteiger partial charge in [-0.1, -0.05) is 6.92 Å². The number of hydrogen-bond donors (Lipinski definition) is 2. The fourth-order valence-electron chi connectivity index (χ4n) is 2.56. The van der Waals surface area contributed by atoms with Crippen LogP contribution in [0.4, 0.5) is 20.6 Å². The first-order valence-electron chi connectivity index (χ1n) is 8.51. The number of carbonyl (C=O) groups excluding carboxylic acids is 3. The van der Waals surface area contributed by atoms with Crippen molar-refractivity contribution in [3.8, 4) is 0 Å². The lowest BCUT2D eigenvalue weighted by Crippen LogP contribution is -2.43. The van der Waals surface area contributed by atoms with Crippen LogP contribution < -0.4 is 15.5 Å². The number of hydrogen-bond acceptors (Lipinski definition) is 4. The zero-order valence-electron chi connectivity index (χ0n) is 15.4. The van der Waals surface area contributed by atoms with Gasteiger partial charge in [0.25, 0.3) is 0 Å². The molecule has 2 N–H and O–H groups in total. The highest BCUT2D eigenvalue weighted by Gasteiger charge is 2.35. The second-order valence-corrected chi connectivity index (χ2v) is 7.05. The number of halogens is 1. The van der Waals surface area contributed by atoms with Crippen molar-refractivity contribution < 1.29 is 23.5 Å². The van der Waals surface area contributed by atoms with E-state index in [2.05, 4.69) is 10.6 Å². The van der Waals surface area contributed by atoms with Crippen molar-refractivity contribution >= 4 is 29.3 Å². The van der Waals surface area contributed by atoms with Crippen LogP contribution in [0.1, 0.15) is 40.5 Å². The Morgan fingerprint density at radius 3 is 2.62 bits per heavy atom. The second-order valence-electron chi connectivity index (χ2n) is 7.05. The molecule has 1 heterocycles. The highest BCUT2D eigenvalue weighted by molar-refractivity contribution is 6.01. The minimum Gasteiger partial charge on any atom is -0.444 e. The van der Waals surface area contributed by atoms with Crippen molar-refractivity contribution in [2.45, 2.75) is 52.2 Å². The minimum atomic E-state index is -0.760. The van der Waals surface area contributed by atoms with Crippen molar-refractivity contribution in [2.75, 3.05) is 16.8 Å². The fourth-order valence-corrected chi connectivity index (χ4v) is 2.56. The summed E-state index contributed by atoms with van der Waals surface area (Å²) < 4.78 is 19.5. The molecule has 0 unspecified atom stereocenters. The summed E-state index contributed by atoms with van der Waals surface area (Å²) in [7, 11) is 0. The van der Waals surface area contributed by atoms with E-state index in [1.807, 2.05) is 0 Å². The van der Waals surface area contributed by atoms with Gasteiger partial charge in [0.2, 0.25) is 11.8 Å². The first-order chi connectivity index (χ1) is 12.1. The van der Waals surface area contributed by atoms with E-state index in [1.165, 1.54) is 23.1 Å². The van der Waals surface area contributed by atoms with Crippen LogP contribution in [0.3, 0.4) is 0 Å². The molecule has 142 valence electrons. The lowest BCUT2D eigenvalue weighted by Gasteiger charge is -2.22. The summed E-state index contributed by atoms with van der Waals surface area (Å²) in [4.78, 5) is 37.0. The van der Waals surface area contributed by atoms with Crippen LogP contribution in [0.5, 0.6) is 0 Å². The molecule has 1 saturated heterocycles. The smallest absolute Gasteiger partial charge is 0.408 e. The van der Waals surface area contributed by atoms with Gasteiger partial charge in [-0.3, -0.25) is 9.59 Å². The lowest BCUT2D eigenvalue weighted by molar-refractivity contribution is -0.119. The minimum absolute atomic E-state index is 0.109. The number of ether oxygens (including phenoxy) is 1. The Hall–Kier alpha value is -2.64. The molecule has 0 aliphatic carbocycles. The van der Waals surface area contributed by atoms with Gasteiger partial charge in [0, 0.05) is 18.7 Å². The van der Waals surface area contributed by atoms with Gasteiger partial charge in [0.15, 0.2) is 0 Å². The number of rotatable bonds is 4. The lowest BCUT2D eigenvalue weighted by atomic mass is 10.2. The number of nitrogens with zero attached hydrogens (tertiary/aromatic N) is 1. The van der Waals surface area contributed by atoms with Gasteiger partial charge in [-0.2, -0.15) is 0 Å². The zero-order chi connectivity index (χ0) is 19.5. The summed E-state index contributed by atoms with van der Waals surface area (Å²) in [5, 5.41) is 5.08. The van der Waals surface area contributed by atoms with Crippen molar-refractivity contribution in [3.05, 3.63) is 24.0 Å². The molecular formula is C18H24FN3O4. The molecule has 7 nitrogen and oxygen atoms in total. The van der Waals surface area contributed by atoms with Crippen molar-refractivity contribution in [3.63, 3.8) is 0 Å². The molecular weight excluding hydrogens is 341 g/mol. The highest BCUT2D eigenvalue weighted by Crippen LogP contribution is 2.27. The standard InChI is InChI=1S/C18H24FN3O4/c1-5-15(23)20-11-6-7-14(12(19)10-11)22-9-8-13(16(22)24)21-17(25)26-18(2,3)4/h6-7,10,13H,5,8-9H2,1-4H3,(H,20,23)(H,21,25)/t13-/m0/s1. The molecule has 0 spiro atoms. The Labute approximate surface area is 151 Å². The number of benzene rings is 1. The third-order valence-electron chi connectivity index (χ3n) is 3.74. The van der Waals surface area contributed by atoms with Crippen molar-refractivity contribution in [1.82, 2.24) is 5.32 Å². The average molecular weight is 365 g/mol. The van der Waals surface area contributed by atoms with Gasteiger partial charge < -0.3 is 20.3 Å². The molecule has 1 aliphatic heterocycles. The summed E-state index contributed by atoms with van der Waals surface area (Å²) in [5.41, 5.74) is -0.234. The Balaban J connectivity index is 2.05. The largest absolute Gasteiger partial charge is 0.444 e. The topological polar surface area (TPSA) is 87.7 Å². The molecule has 1 aliphatic rings. The maximum atomic E-state index is 14.4. The summed E-state index contributed by atoms with van der Waals surface area (Å²) in [6.45, 7) is 7.15. The summed E-state index contributed by atoms with van der Waals surface area (Å²) >= 11 is 0. The molecule has 0 radical (unpaired) electrons. The Kier molecular flexibility index (Phi) is 5.84. The van der Waals surface area contributed by atoms with E-state index in [0.717, 1.165) is 0 Å². The number of anilines is 2. The van der Waals surface area contributed by atoms with Crippen LogP contribution in [0.15, 0.2) is 18.2 Å². The zero-order valence-corrected chi connectivity index (χ0v) is 15.4. The van der Waals surface area contributed by atoms with Crippen LogP contribution >= 0.6 is 0 Å². The van der Waals surface area contributed by atoms with Gasteiger partial charge in [0.05, 0.1) is 5.69 Å². The normalized spacial score (nSPS) is 17.2. The van der Waals surface area contributed by atoms with E-state index < -0.39 is 29.5 Å². The molecule has 1 aromatic carbocycles. The number of amides is 3. The molecule has 26 heavy (non-hydrogen) atoms. The van der Waals surface area contributed by atoms with E-state index >= 15 is 0 Å². The number of nitrogens with one attached hydrogen (secondary N) is 2. The third kappa shape index (κ3) is 4.93. The molecule has 1 fully saturated rings. The van der Waals surface area contributed by atoms with Gasteiger partial charge in [-0.25, -0.2) is 9.18 Å². The predicted octanol–water partition coefficient (Wildman–Crippen LogP) is 2.80. The monoisotopic (exact) mass is 365 g/mol. The van der Waals surface area contributed by atoms with Crippen LogP contribution in [-0.2, 0) is 14.3 Å². The van der Waals surface area contributed by atoms with Crippen LogP contribution in [0.2, 0.25) is 0 Å². The molecule has 0 bridgehead atoms. The fraction of sp³-hybridized carbons (Fsp3) is 0.500. The Morgan fingerprint density at radius 1 is 1.35 bits per heavy atom. The van der Waals surface area contributed by atoms with Gasteiger partial charge in [-0.05, 0) is 45.4 Å². The van der Waals surface area contributed by atoms with Crippen LogP contribution in [0, 0.1) is 5.82 Å². The van der Waals surface area contributed by atoms with Crippen molar-refractivity contribution in [2.24, 2.45) is 0 Å². The Bertz CT molecular complexity index is 715. The SMILES string of the molecule is CCC(=O)Nc1ccc(N2CC[C@H](NC(=O)OC(C)(C)C)C2=O)c(F)c1. The number of carbonyl (C=O) groups is 3. The quantitative estimate of drug-likeness (QED) is 0.859. The van der Waals surface area contributed by atoms with E-state index in [1.54, 1.807) is 27.7 Å². The molecule has 3 amide bonds. The summed E-state index contributed by atoms with van der Waals surface area (Å²) in [5.74, 6) is -1.25. The molecule has 0 aromatic heterocycles. The van der Waals surface area contributed by atoms with Gasteiger partial charge in [0.1, 0.15) is 17.5 Å². The molecule has 2 rings (SSSR count). The van der Waals surface area contributed by atoms with Crippen LogP contribution in [-0.4, -0.2) is 36.1 Å². The van der Waals surface area contributed by atoms with Crippen LogP contribution in [0.25, 0.3) is 0 Å². The van der Waals surface area contributed by atoms with E-state index in [0.29, 0.717) is 12.1 Å². The molecule has 8 heteroatoms. The molecule has 1 aromatic rings. The van der Waals surface area contributed by atoms with E-state index in [9.17, 15) is 18.8 Å². The van der Waals surface area contributed by atoms with Gasteiger partial charge >= 0.3 is 6.09 Å². The number of alkyl carbamates (subject to hydrolysis) is 1. The predicted molar refractivity (Wildman–Crippen MR) is 95.4 cm³/mol. The average Bonchev–Trinajstić information content (AvgIpc) is 2.86. The maximum absolute atomic E-state index is 14.4. The van der Waals surface area contributed by atoms with E-state index in [4.69, 9.17) is 4.74 Å². The van der Waals surface area contributed by atoms with Gasteiger partial charge in [-0.15, -0.1) is 0 Å². The highest BCUT2D eigenvalue weighted by atomic mass is 19.1. The third-order valence-corrected chi connectivity index (χ3v) is 3.74. The van der Waals surface area contributed by atoms with Crippen molar-refractivity contribution in [1.29, 1.82) is 0 Å². The first kappa shape index (κ1) is 19.7. The molecule has 0 saturated carbocycles. The summed E-state index contributed by atoms with van der Waals surface area (Å²) in [6, 6.07) is 3.39. The first-order valence-corrected chi connectivity index (χ1v) is 8.51. The second kappa shape index (κ2) is 7.72. The van der Waals surface area contributed by atoms with E-state index in [-0.39, 0.29) is 24.6 Å².